The third-order valence-corrected chi connectivity index (χ3v) is 14.9. The largest absolute Gasteiger partial charge is 0.394 e. The number of allylic oxidation sites excluding steroid dienone is 11. The SMILES string of the molecule is CC/C=C\C/C=C\C/C=C\C/C=C\C/C=C\CCCCCCCCCCCCCCCCCCCCCC(=O)NC(COC1OC(CO)C(OC2OC(CO)C(O)C(O)C2O)C(O)C1O)C(O)/C=C/CCCCCCCCC. The zero-order valence-electron chi connectivity index (χ0n) is 48.6. The van der Waals surface area contributed by atoms with Crippen LogP contribution in [0.5, 0.6) is 0 Å². The summed E-state index contributed by atoms with van der Waals surface area (Å²) in [5, 5.41) is 86.8. The number of hydrogen-bond acceptors (Lipinski definition) is 13. The van der Waals surface area contributed by atoms with Gasteiger partial charge in [0.1, 0.15) is 48.8 Å². The molecule has 78 heavy (non-hydrogen) atoms. The van der Waals surface area contributed by atoms with E-state index in [9.17, 15) is 45.6 Å². The first-order valence-corrected chi connectivity index (χ1v) is 31.2. The highest BCUT2D eigenvalue weighted by molar-refractivity contribution is 5.76. The van der Waals surface area contributed by atoms with Gasteiger partial charge in [0.2, 0.25) is 5.91 Å². The van der Waals surface area contributed by atoms with Crippen molar-refractivity contribution in [2.24, 2.45) is 0 Å². The lowest BCUT2D eigenvalue weighted by atomic mass is 9.97. The van der Waals surface area contributed by atoms with Crippen LogP contribution in [0, 0.1) is 0 Å². The summed E-state index contributed by atoms with van der Waals surface area (Å²) in [5.74, 6) is -0.242. The summed E-state index contributed by atoms with van der Waals surface area (Å²) in [6.45, 7) is 2.64. The van der Waals surface area contributed by atoms with E-state index in [0.717, 1.165) is 77.0 Å². The number of rotatable bonds is 49. The van der Waals surface area contributed by atoms with Crippen LogP contribution in [0.3, 0.4) is 0 Å². The van der Waals surface area contributed by atoms with Crippen molar-refractivity contribution in [3.8, 4) is 0 Å². The lowest BCUT2D eigenvalue weighted by Gasteiger charge is -2.46. The number of aliphatic hydroxyl groups excluding tert-OH is 8. The maximum Gasteiger partial charge on any atom is 0.220 e. The second-order valence-electron chi connectivity index (χ2n) is 21.8. The summed E-state index contributed by atoms with van der Waals surface area (Å²) in [4.78, 5) is 13.2. The minimum absolute atomic E-state index is 0.242. The molecule has 2 aliphatic heterocycles. The molecule has 0 saturated carbocycles. The molecule has 452 valence electrons. The fraction of sp³-hybridized carbons (Fsp3) is 0.797. The molecule has 0 aromatic carbocycles. The molecule has 1 amide bonds. The Bertz CT molecular complexity index is 1580. The second kappa shape index (κ2) is 49.1. The Morgan fingerprint density at radius 2 is 0.885 bits per heavy atom. The zero-order valence-corrected chi connectivity index (χ0v) is 48.6. The first-order valence-electron chi connectivity index (χ1n) is 31.2. The van der Waals surface area contributed by atoms with E-state index in [-0.39, 0.29) is 18.9 Å². The number of ether oxygens (including phenoxy) is 4. The van der Waals surface area contributed by atoms with Gasteiger partial charge in [0, 0.05) is 6.42 Å². The third kappa shape index (κ3) is 34.0. The van der Waals surface area contributed by atoms with Gasteiger partial charge in [0.15, 0.2) is 12.6 Å². The van der Waals surface area contributed by atoms with E-state index in [1.165, 1.54) is 128 Å². The topological polar surface area (TPSA) is 228 Å². The van der Waals surface area contributed by atoms with Crippen LogP contribution >= 0.6 is 0 Å². The van der Waals surface area contributed by atoms with Gasteiger partial charge in [-0.05, 0) is 64.2 Å². The van der Waals surface area contributed by atoms with Crippen LogP contribution in [0.1, 0.15) is 232 Å². The second-order valence-corrected chi connectivity index (χ2v) is 21.8. The monoisotopic (exact) mass is 1100 g/mol. The van der Waals surface area contributed by atoms with Gasteiger partial charge in [-0.25, -0.2) is 0 Å². The molecule has 2 saturated heterocycles. The van der Waals surface area contributed by atoms with Crippen LogP contribution in [0.2, 0.25) is 0 Å². The van der Waals surface area contributed by atoms with E-state index in [0.29, 0.717) is 6.42 Å². The molecule has 0 aliphatic carbocycles. The molecule has 0 bridgehead atoms. The normalized spacial score (nSPS) is 25.1. The molecule has 2 aliphatic rings. The molecular formula is C64H113NO13. The zero-order chi connectivity index (χ0) is 56.7. The quantitative estimate of drug-likeness (QED) is 0.0204. The minimum Gasteiger partial charge on any atom is -0.394 e. The van der Waals surface area contributed by atoms with Crippen LogP contribution in [-0.2, 0) is 23.7 Å². The summed E-state index contributed by atoms with van der Waals surface area (Å²) < 4.78 is 22.7. The van der Waals surface area contributed by atoms with E-state index in [2.05, 4.69) is 79.9 Å². The highest BCUT2D eigenvalue weighted by atomic mass is 16.7. The molecule has 0 aromatic rings. The predicted molar refractivity (Wildman–Crippen MR) is 313 cm³/mol. The molecule has 14 nitrogen and oxygen atoms in total. The molecule has 0 aromatic heterocycles. The lowest BCUT2D eigenvalue weighted by Crippen LogP contribution is -2.65. The Morgan fingerprint density at radius 3 is 1.36 bits per heavy atom. The summed E-state index contributed by atoms with van der Waals surface area (Å²) in [6.07, 6.45) is 48.4. The smallest absolute Gasteiger partial charge is 0.220 e. The van der Waals surface area contributed by atoms with Gasteiger partial charge in [-0.3, -0.25) is 4.79 Å². The van der Waals surface area contributed by atoms with Gasteiger partial charge >= 0.3 is 0 Å². The Morgan fingerprint density at radius 1 is 0.474 bits per heavy atom. The number of carbonyl (C=O) groups is 1. The lowest BCUT2D eigenvalue weighted by molar-refractivity contribution is -0.359. The summed E-state index contributed by atoms with van der Waals surface area (Å²) in [6, 6.07) is -0.913. The molecule has 2 rings (SSSR count). The molecule has 2 fully saturated rings. The maximum absolute atomic E-state index is 13.2. The fourth-order valence-corrected chi connectivity index (χ4v) is 9.91. The van der Waals surface area contributed by atoms with E-state index in [1.54, 1.807) is 6.08 Å². The number of carbonyl (C=O) groups excluding carboxylic acids is 1. The first kappa shape index (κ1) is 71.5. The van der Waals surface area contributed by atoms with E-state index < -0.39 is 86.8 Å². The van der Waals surface area contributed by atoms with Gasteiger partial charge in [-0.1, -0.05) is 234 Å². The van der Waals surface area contributed by atoms with Crippen molar-refractivity contribution in [3.05, 3.63) is 72.9 Å². The standard InChI is InChI=1S/C64H113NO13/c1-3-5-7-9-11-13-14-15-16-17-18-19-20-21-22-23-24-25-26-27-28-29-30-31-32-33-34-35-36-37-38-40-42-44-46-48-56(69)65-52(53(68)47-45-43-41-39-12-10-8-6-4-2)51-75-63-61(74)59(72)62(55(50-67)77-63)78-64-60(73)58(71)57(70)54(49-66)76-64/h5,7,11,13,15-16,18-19,21-22,45,47,52-55,57-64,66-68,70-74H,3-4,6,8-10,12,14,17,20,23-44,46,48-51H2,1-2H3,(H,65,69)/b7-5-,13-11-,16-15-,19-18-,22-21-,47-45+. The molecule has 0 spiro atoms. The van der Waals surface area contributed by atoms with Crippen LogP contribution < -0.4 is 5.32 Å². The number of aliphatic hydroxyl groups is 8. The predicted octanol–water partition coefficient (Wildman–Crippen LogP) is 11.1. The van der Waals surface area contributed by atoms with Crippen molar-refractivity contribution in [1.29, 1.82) is 0 Å². The highest BCUT2D eigenvalue weighted by Gasteiger charge is 2.51. The van der Waals surface area contributed by atoms with Crippen molar-refractivity contribution in [3.63, 3.8) is 0 Å². The summed E-state index contributed by atoms with van der Waals surface area (Å²) in [7, 11) is 0. The van der Waals surface area contributed by atoms with Crippen molar-refractivity contribution in [1.82, 2.24) is 5.32 Å². The number of amides is 1. The van der Waals surface area contributed by atoms with E-state index in [1.807, 2.05) is 6.08 Å². The average molecular weight is 1100 g/mol. The average Bonchev–Trinajstić information content (AvgIpc) is 3.44. The Kier molecular flexibility index (Phi) is 45.0. The summed E-state index contributed by atoms with van der Waals surface area (Å²) in [5.41, 5.74) is 0. The van der Waals surface area contributed by atoms with Gasteiger partial charge in [-0.2, -0.15) is 0 Å². The molecule has 2 heterocycles. The molecular weight excluding hydrogens is 991 g/mol. The van der Waals surface area contributed by atoms with E-state index >= 15 is 0 Å². The van der Waals surface area contributed by atoms with Gasteiger partial charge < -0.3 is 65.1 Å². The Balaban J connectivity index is 1.58. The van der Waals surface area contributed by atoms with E-state index in [4.69, 9.17) is 18.9 Å². The number of hydrogen-bond donors (Lipinski definition) is 9. The highest BCUT2D eigenvalue weighted by Crippen LogP contribution is 2.30. The van der Waals surface area contributed by atoms with Gasteiger partial charge in [0.25, 0.3) is 0 Å². The summed E-state index contributed by atoms with van der Waals surface area (Å²) >= 11 is 0. The van der Waals surface area contributed by atoms with Crippen molar-refractivity contribution in [2.45, 2.75) is 306 Å². The number of unbranched alkanes of at least 4 members (excludes halogenated alkanes) is 26. The van der Waals surface area contributed by atoms with Crippen molar-refractivity contribution in [2.75, 3.05) is 19.8 Å². The molecule has 0 radical (unpaired) electrons. The maximum atomic E-state index is 13.2. The Labute approximate surface area is 472 Å². The van der Waals surface area contributed by atoms with Crippen molar-refractivity contribution < 1.29 is 64.6 Å². The van der Waals surface area contributed by atoms with Crippen LogP contribution in [0.4, 0.5) is 0 Å². The van der Waals surface area contributed by atoms with Crippen molar-refractivity contribution >= 4 is 5.91 Å². The molecule has 12 atom stereocenters. The van der Waals surface area contributed by atoms with Gasteiger partial charge in [0.05, 0.1) is 32.0 Å². The minimum atomic E-state index is -1.79. The van der Waals surface area contributed by atoms with Gasteiger partial charge in [-0.15, -0.1) is 0 Å². The molecule has 12 unspecified atom stereocenters. The molecule has 9 N–H and O–H groups in total. The Hall–Kier alpha value is -2.57. The van der Waals surface area contributed by atoms with Crippen LogP contribution in [-0.4, -0.2) is 140 Å². The van der Waals surface area contributed by atoms with Crippen LogP contribution in [0.15, 0.2) is 72.9 Å². The molecule has 14 heteroatoms. The number of nitrogens with one attached hydrogen (secondary N) is 1. The van der Waals surface area contributed by atoms with Crippen LogP contribution in [0.25, 0.3) is 0 Å². The first-order chi connectivity index (χ1) is 38.1. The third-order valence-electron chi connectivity index (χ3n) is 14.9. The fourth-order valence-electron chi connectivity index (χ4n) is 9.91.